The van der Waals surface area contributed by atoms with Crippen molar-refractivity contribution in [2.24, 2.45) is 0 Å². The number of aromatic hydroxyl groups is 1. The van der Waals surface area contributed by atoms with Gasteiger partial charge in [0.2, 0.25) is 0 Å². The molecule has 0 bridgehead atoms. The highest BCUT2D eigenvalue weighted by molar-refractivity contribution is 5.87. The summed E-state index contributed by atoms with van der Waals surface area (Å²) in [6.45, 7) is 2.15. The van der Waals surface area contributed by atoms with Crippen molar-refractivity contribution in [3.63, 3.8) is 0 Å². The lowest BCUT2D eigenvalue weighted by Gasteiger charge is -2.30. The number of hydrogen-bond donors (Lipinski definition) is 3. The molecule has 2 aromatic carbocycles. The molecule has 5 heteroatoms. The summed E-state index contributed by atoms with van der Waals surface area (Å²) in [6, 6.07) is 14.5. The fourth-order valence-electron chi connectivity index (χ4n) is 3.61. The van der Waals surface area contributed by atoms with Crippen LogP contribution in [-0.4, -0.2) is 28.7 Å². The van der Waals surface area contributed by atoms with E-state index in [1.165, 1.54) is 0 Å². The van der Waals surface area contributed by atoms with E-state index >= 15 is 0 Å². The van der Waals surface area contributed by atoms with Crippen molar-refractivity contribution >= 4 is 16.9 Å². The molecule has 5 nitrogen and oxygen atoms in total. The van der Waals surface area contributed by atoms with Crippen LogP contribution in [0.2, 0.25) is 0 Å². The summed E-state index contributed by atoms with van der Waals surface area (Å²) in [5.74, 6) is -0.0621. The number of esters is 1. The van der Waals surface area contributed by atoms with E-state index in [9.17, 15) is 9.90 Å². The Hall–Kier alpha value is -2.79. The summed E-state index contributed by atoms with van der Waals surface area (Å²) in [7, 11) is 0. The summed E-state index contributed by atoms with van der Waals surface area (Å²) in [5.41, 5.74) is 3.85. The van der Waals surface area contributed by atoms with Crippen LogP contribution >= 0.6 is 0 Å². The third kappa shape index (κ3) is 2.66. The summed E-state index contributed by atoms with van der Waals surface area (Å²) in [5, 5.41) is 14.8. The lowest BCUT2D eigenvalue weighted by atomic mass is 9.90. The topological polar surface area (TPSA) is 74.4 Å². The molecule has 0 amide bonds. The van der Waals surface area contributed by atoms with Gasteiger partial charge in [0, 0.05) is 28.6 Å². The summed E-state index contributed by atoms with van der Waals surface area (Å²) >= 11 is 0. The predicted octanol–water partition coefficient (Wildman–Crippen LogP) is 3.04. The van der Waals surface area contributed by atoms with Gasteiger partial charge in [-0.1, -0.05) is 36.4 Å². The third-order valence-corrected chi connectivity index (χ3v) is 4.73. The van der Waals surface area contributed by atoms with E-state index in [-0.39, 0.29) is 17.8 Å². The Morgan fingerprint density at radius 3 is 2.76 bits per heavy atom. The number of carbonyl (C=O) groups excluding carboxylic acids is 1. The van der Waals surface area contributed by atoms with Gasteiger partial charge in [-0.3, -0.25) is 10.1 Å². The minimum absolute atomic E-state index is 0.203. The Morgan fingerprint density at radius 2 is 1.96 bits per heavy atom. The van der Waals surface area contributed by atoms with Crippen LogP contribution in [-0.2, 0) is 16.0 Å². The quantitative estimate of drug-likeness (QED) is 0.643. The molecule has 0 unspecified atom stereocenters. The Balaban J connectivity index is 1.86. The largest absolute Gasteiger partial charge is 0.508 e. The first-order valence-corrected chi connectivity index (χ1v) is 8.49. The van der Waals surface area contributed by atoms with Crippen molar-refractivity contribution in [1.82, 2.24) is 10.3 Å². The van der Waals surface area contributed by atoms with E-state index in [0.717, 1.165) is 27.7 Å². The van der Waals surface area contributed by atoms with Crippen LogP contribution < -0.4 is 5.32 Å². The van der Waals surface area contributed by atoms with E-state index in [2.05, 4.69) is 16.4 Å². The molecule has 4 rings (SSSR count). The second-order valence-corrected chi connectivity index (χ2v) is 6.23. The number of aromatic amines is 1. The first-order valence-electron chi connectivity index (χ1n) is 8.49. The maximum atomic E-state index is 12.4. The number of fused-ring (bicyclic) bond motifs is 3. The van der Waals surface area contributed by atoms with E-state index in [0.29, 0.717) is 13.0 Å². The van der Waals surface area contributed by atoms with Crippen molar-refractivity contribution in [2.75, 3.05) is 6.61 Å². The van der Waals surface area contributed by atoms with Crippen LogP contribution in [0.5, 0.6) is 5.75 Å². The number of carbonyl (C=O) groups is 1. The highest BCUT2D eigenvalue weighted by Gasteiger charge is 2.35. The van der Waals surface area contributed by atoms with Crippen LogP contribution in [0.25, 0.3) is 10.9 Å². The highest BCUT2D eigenvalue weighted by atomic mass is 16.5. The van der Waals surface area contributed by atoms with Gasteiger partial charge in [0.1, 0.15) is 11.8 Å². The second-order valence-electron chi connectivity index (χ2n) is 6.23. The van der Waals surface area contributed by atoms with Gasteiger partial charge in [0.15, 0.2) is 0 Å². The van der Waals surface area contributed by atoms with Gasteiger partial charge in [-0.25, -0.2) is 0 Å². The SMILES string of the molecule is CCOC(=O)[C@@H]1Cc2c([nH]c3ccccc23)[C@H](c2ccccc2O)N1. The number of H-pyrrole nitrogens is 1. The van der Waals surface area contributed by atoms with E-state index in [4.69, 9.17) is 4.74 Å². The predicted molar refractivity (Wildman–Crippen MR) is 95.5 cm³/mol. The number of nitrogens with one attached hydrogen (secondary N) is 2. The maximum absolute atomic E-state index is 12.4. The number of aromatic nitrogens is 1. The van der Waals surface area contributed by atoms with Gasteiger partial charge in [0.25, 0.3) is 0 Å². The van der Waals surface area contributed by atoms with Crippen LogP contribution in [0, 0.1) is 0 Å². The molecule has 3 N–H and O–H groups in total. The number of rotatable bonds is 3. The van der Waals surface area contributed by atoms with E-state index < -0.39 is 6.04 Å². The molecule has 2 heterocycles. The fourth-order valence-corrected chi connectivity index (χ4v) is 3.61. The lowest BCUT2D eigenvalue weighted by molar-refractivity contribution is -0.146. The minimum atomic E-state index is -0.448. The van der Waals surface area contributed by atoms with Crippen molar-refractivity contribution in [2.45, 2.75) is 25.4 Å². The molecule has 3 aromatic rings. The number of phenolic OH excluding ortho intramolecular Hbond substituents is 1. The Labute approximate surface area is 145 Å². The van der Waals surface area contributed by atoms with E-state index in [1.807, 2.05) is 30.3 Å². The van der Waals surface area contributed by atoms with Gasteiger partial charge < -0.3 is 14.8 Å². The lowest BCUT2D eigenvalue weighted by Crippen LogP contribution is -2.45. The van der Waals surface area contributed by atoms with Crippen molar-refractivity contribution in [3.8, 4) is 5.75 Å². The molecule has 1 aliphatic heterocycles. The zero-order valence-corrected chi connectivity index (χ0v) is 14.0. The molecule has 0 aliphatic carbocycles. The van der Waals surface area contributed by atoms with Crippen molar-refractivity contribution in [1.29, 1.82) is 0 Å². The van der Waals surface area contributed by atoms with Gasteiger partial charge >= 0.3 is 5.97 Å². The molecular weight excluding hydrogens is 316 g/mol. The first-order chi connectivity index (χ1) is 12.2. The standard InChI is InChI=1S/C20H20N2O3/c1-2-25-20(24)16-11-14-12-7-3-5-9-15(12)21-19(14)18(22-16)13-8-4-6-10-17(13)23/h3-10,16,18,21-23H,2,11H2,1H3/t16-,18-/m0/s1. The molecule has 0 saturated carbocycles. The number of para-hydroxylation sites is 2. The highest BCUT2D eigenvalue weighted by Crippen LogP contribution is 2.37. The monoisotopic (exact) mass is 336 g/mol. The molecule has 25 heavy (non-hydrogen) atoms. The Morgan fingerprint density at radius 1 is 1.20 bits per heavy atom. The van der Waals surface area contributed by atoms with Crippen molar-refractivity contribution in [3.05, 3.63) is 65.4 Å². The van der Waals surface area contributed by atoms with Crippen LogP contribution in [0.3, 0.4) is 0 Å². The maximum Gasteiger partial charge on any atom is 0.323 e. The average molecular weight is 336 g/mol. The van der Waals surface area contributed by atoms with Crippen molar-refractivity contribution < 1.29 is 14.6 Å². The van der Waals surface area contributed by atoms with Crippen LogP contribution in [0.15, 0.2) is 48.5 Å². The van der Waals surface area contributed by atoms with E-state index in [1.54, 1.807) is 19.1 Å². The fraction of sp³-hybridized carbons (Fsp3) is 0.250. The number of phenols is 1. The molecule has 0 fully saturated rings. The summed E-state index contributed by atoms with van der Waals surface area (Å²) in [4.78, 5) is 15.8. The molecule has 1 aliphatic rings. The van der Waals surface area contributed by atoms with Crippen LogP contribution in [0.4, 0.5) is 0 Å². The summed E-state index contributed by atoms with van der Waals surface area (Å²) in [6.07, 6.45) is 0.558. The molecule has 0 spiro atoms. The normalized spacial score (nSPS) is 19.6. The second kappa shape index (κ2) is 6.26. The molecule has 0 saturated heterocycles. The number of benzene rings is 2. The molecule has 2 atom stereocenters. The van der Waals surface area contributed by atoms with Gasteiger partial charge in [-0.05, 0) is 24.6 Å². The van der Waals surface area contributed by atoms with Gasteiger partial charge in [0.05, 0.1) is 12.6 Å². The average Bonchev–Trinajstić information content (AvgIpc) is 3.00. The van der Waals surface area contributed by atoms with Gasteiger partial charge in [-0.2, -0.15) is 0 Å². The smallest absolute Gasteiger partial charge is 0.323 e. The summed E-state index contributed by atoms with van der Waals surface area (Å²) < 4.78 is 5.23. The van der Waals surface area contributed by atoms with Crippen LogP contribution in [0.1, 0.15) is 29.8 Å². The molecule has 0 radical (unpaired) electrons. The third-order valence-electron chi connectivity index (χ3n) is 4.73. The Kier molecular flexibility index (Phi) is 3.93. The molecule has 1 aromatic heterocycles. The zero-order chi connectivity index (χ0) is 17.4. The molecule has 128 valence electrons. The molecular formula is C20H20N2O3. The Bertz CT molecular complexity index is 932. The van der Waals surface area contributed by atoms with Gasteiger partial charge in [-0.15, -0.1) is 0 Å². The number of hydrogen-bond acceptors (Lipinski definition) is 4. The first kappa shape index (κ1) is 15.7. The minimum Gasteiger partial charge on any atom is -0.508 e. The zero-order valence-electron chi connectivity index (χ0n) is 14.0. The number of ether oxygens (including phenoxy) is 1.